The molecular formula is C17H14ClFN. The van der Waals surface area contributed by atoms with Gasteiger partial charge in [0.15, 0.2) is 0 Å². The molecule has 0 bridgehead atoms. The van der Waals surface area contributed by atoms with Crippen LogP contribution in [-0.4, -0.2) is 4.98 Å². The van der Waals surface area contributed by atoms with E-state index in [0.717, 1.165) is 22.0 Å². The molecule has 1 radical (unpaired) electrons. The van der Waals surface area contributed by atoms with Crippen LogP contribution in [0.2, 0.25) is 5.02 Å². The van der Waals surface area contributed by atoms with E-state index in [1.807, 2.05) is 24.4 Å². The van der Waals surface area contributed by atoms with Crippen molar-refractivity contribution in [2.24, 2.45) is 0 Å². The van der Waals surface area contributed by atoms with Crippen molar-refractivity contribution in [2.75, 3.05) is 0 Å². The van der Waals surface area contributed by atoms with E-state index in [9.17, 15) is 4.39 Å². The van der Waals surface area contributed by atoms with E-state index in [0.29, 0.717) is 11.4 Å². The van der Waals surface area contributed by atoms with Crippen LogP contribution in [0.15, 0.2) is 48.7 Å². The minimum atomic E-state index is -0.227. The quantitative estimate of drug-likeness (QED) is 0.671. The van der Waals surface area contributed by atoms with Gasteiger partial charge in [-0.25, -0.2) is 4.39 Å². The van der Waals surface area contributed by atoms with E-state index in [2.05, 4.69) is 18.0 Å². The van der Waals surface area contributed by atoms with Crippen molar-refractivity contribution in [1.29, 1.82) is 0 Å². The molecule has 101 valence electrons. The summed E-state index contributed by atoms with van der Waals surface area (Å²) in [6.07, 6.45) is 2.51. The van der Waals surface area contributed by atoms with Crippen LogP contribution in [0.4, 0.5) is 4.39 Å². The Kier molecular flexibility index (Phi) is 3.49. The smallest absolute Gasteiger partial charge is 0.123 e. The molecule has 1 aromatic heterocycles. The van der Waals surface area contributed by atoms with Crippen molar-refractivity contribution in [1.82, 2.24) is 4.98 Å². The maximum atomic E-state index is 13.4. The highest BCUT2D eigenvalue weighted by Gasteiger charge is 2.15. The van der Waals surface area contributed by atoms with Crippen LogP contribution in [0.3, 0.4) is 0 Å². The summed E-state index contributed by atoms with van der Waals surface area (Å²) in [6.45, 7) is 3.99. The Morgan fingerprint density at radius 2 is 2.00 bits per heavy atom. The Bertz CT molecular complexity index is 748. The Morgan fingerprint density at radius 1 is 1.15 bits per heavy atom. The number of aromatic nitrogens is 1. The molecule has 1 heterocycles. The Labute approximate surface area is 122 Å². The average Bonchev–Trinajstić information content (AvgIpc) is 2.88. The second-order valence-corrected chi connectivity index (χ2v) is 5.25. The maximum absolute atomic E-state index is 13.4. The van der Waals surface area contributed by atoms with Gasteiger partial charge in [0.05, 0.1) is 10.5 Å². The van der Waals surface area contributed by atoms with Crippen molar-refractivity contribution < 1.29 is 4.39 Å². The predicted octanol–water partition coefficient (Wildman–Crippen LogP) is 5.32. The maximum Gasteiger partial charge on any atom is 0.123 e. The van der Waals surface area contributed by atoms with Crippen molar-refractivity contribution in [3.8, 4) is 0 Å². The molecule has 20 heavy (non-hydrogen) atoms. The third-order valence-corrected chi connectivity index (χ3v) is 3.87. The number of nitrogens with one attached hydrogen (secondary N) is 1. The molecule has 0 saturated carbocycles. The fourth-order valence-corrected chi connectivity index (χ4v) is 2.89. The number of benzene rings is 2. The molecule has 0 fully saturated rings. The fourth-order valence-electron chi connectivity index (χ4n) is 2.60. The van der Waals surface area contributed by atoms with E-state index in [1.54, 1.807) is 12.1 Å². The SMILES string of the molecule is [CH2]CC(c1cccc(F)c1)c1cc(Cl)c2[nH]ccc2c1. The molecule has 0 aliphatic rings. The molecule has 0 aliphatic heterocycles. The summed E-state index contributed by atoms with van der Waals surface area (Å²) >= 11 is 6.30. The van der Waals surface area contributed by atoms with Gasteiger partial charge in [0.1, 0.15) is 5.82 Å². The van der Waals surface area contributed by atoms with Crippen molar-refractivity contribution in [2.45, 2.75) is 12.3 Å². The summed E-state index contributed by atoms with van der Waals surface area (Å²) in [5.74, 6) is -0.183. The van der Waals surface area contributed by atoms with E-state index in [4.69, 9.17) is 11.6 Å². The van der Waals surface area contributed by atoms with Gasteiger partial charge in [0, 0.05) is 17.5 Å². The number of aromatic amines is 1. The summed E-state index contributed by atoms with van der Waals surface area (Å²) in [6, 6.07) is 12.7. The summed E-state index contributed by atoms with van der Waals surface area (Å²) < 4.78 is 13.4. The lowest BCUT2D eigenvalue weighted by Crippen LogP contribution is -2.00. The van der Waals surface area contributed by atoms with Gasteiger partial charge in [-0.15, -0.1) is 0 Å². The van der Waals surface area contributed by atoms with Crippen LogP contribution in [0.25, 0.3) is 10.9 Å². The minimum absolute atomic E-state index is 0.0440. The molecule has 2 aromatic carbocycles. The first-order chi connectivity index (χ1) is 9.69. The fraction of sp³-hybridized carbons (Fsp3) is 0.118. The van der Waals surface area contributed by atoms with Crippen molar-refractivity contribution >= 4 is 22.5 Å². The van der Waals surface area contributed by atoms with E-state index >= 15 is 0 Å². The van der Waals surface area contributed by atoms with E-state index in [-0.39, 0.29) is 11.7 Å². The topological polar surface area (TPSA) is 15.8 Å². The van der Waals surface area contributed by atoms with Crippen LogP contribution < -0.4 is 0 Å². The first-order valence-corrected chi connectivity index (χ1v) is 6.88. The van der Waals surface area contributed by atoms with Crippen LogP contribution in [0.1, 0.15) is 23.5 Å². The average molecular weight is 287 g/mol. The van der Waals surface area contributed by atoms with E-state index < -0.39 is 0 Å². The molecule has 0 aliphatic carbocycles. The lowest BCUT2D eigenvalue weighted by Gasteiger charge is -2.17. The van der Waals surface area contributed by atoms with Gasteiger partial charge in [-0.1, -0.05) is 30.7 Å². The second kappa shape index (κ2) is 5.29. The summed E-state index contributed by atoms with van der Waals surface area (Å²) in [5, 5.41) is 1.74. The van der Waals surface area contributed by atoms with Crippen LogP contribution >= 0.6 is 11.6 Å². The third kappa shape index (κ3) is 2.32. The van der Waals surface area contributed by atoms with Crippen LogP contribution in [0.5, 0.6) is 0 Å². The molecule has 1 nitrogen and oxygen atoms in total. The third-order valence-electron chi connectivity index (χ3n) is 3.58. The zero-order valence-electron chi connectivity index (χ0n) is 10.9. The lowest BCUT2D eigenvalue weighted by molar-refractivity contribution is 0.623. The molecule has 3 aromatic rings. The van der Waals surface area contributed by atoms with Gasteiger partial charge < -0.3 is 4.98 Å². The molecule has 1 N–H and O–H groups in total. The zero-order valence-corrected chi connectivity index (χ0v) is 11.6. The van der Waals surface area contributed by atoms with Crippen LogP contribution in [0, 0.1) is 12.7 Å². The summed E-state index contributed by atoms with van der Waals surface area (Å²) in [4.78, 5) is 3.11. The normalized spacial score (nSPS) is 12.8. The molecule has 3 heteroatoms. The van der Waals surface area contributed by atoms with Gasteiger partial charge in [-0.3, -0.25) is 0 Å². The number of fused-ring (bicyclic) bond motifs is 1. The molecule has 0 saturated heterocycles. The van der Waals surface area contributed by atoms with Crippen molar-refractivity contribution in [3.63, 3.8) is 0 Å². The first-order valence-electron chi connectivity index (χ1n) is 6.50. The first kappa shape index (κ1) is 13.2. The largest absolute Gasteiger partial charge is 0.360 e. The van der Waals surface area contributed by atoms with Gasteiger partial charge in [-0.2, -0.15) is 0 Å². The minimum Gasteiger partial charge on any atom is -0.360 e. The zero-order chi connectivity index (χ0) is 14.1. The van der Waals surface area contributed by atoms with Crippen LogP contribution in [-0.2, 0) is 0 Å². The number of hydrogen-bond acceptors (Lipinski definition) is 0. The standard InChI is InChI=1S/C17H14ClFN/c1-2-15(11-4-3-5-14(19)9-11)13-8-12-6-7-20-17(12)16(18)10-13/h3-10,15,20H,1-2H2. The number of rotatable bonds is 3. The molecule has 0 amide bonds. The number of H-pyrrole nitrogens is 1. The lowest BCUT2D eigenvalue weighted by atomic mass is 9.88. The molecular weight excluding hydrogens is 273 g/mol. The van der Waals surface area contributed by atoms with Gasteiger partial charge >= 0.3 is 0 Å². The molecule has 1 atom stereocenters. The van der Waals surface area contributed by atoms with Gasteiger partial charge in [0.2, 0.25) is 0 Å². The predicted molar refractivity (Wildman–Crippen MR) is 81.5 cm³/mol. The monoisotopic (exact) mass is 286 g/mol. The number of hydrogen-bond donors (Lipinski definition) is 1. The highest BCUT2D eigenvalue weighted by molar-refractivity contribution is 6.35. The Balaban J connectivity index is 2.11. The second-order valence-electron chi connectivity index (χ2n) is 4.84. The molecule has 0 spiro atoms. The van der Waals surface area contributed by atoms with Gasteiger partial charge in [0.25, 0.3) is 0 Å². The van der Waals surface area contributed by atoms with Crippen molar-refractivity contribution in [3.05, 3.63) is 77.6 Å². The summed E-state index contributed by atoms with van der Waals surface area (Å²) in [5.41, 5.74) is 2.91. The Hall–Kier alpha value is -1.80. The molecule has 3 rings (SSSR count). The summed E-state index contributed by atoms with van der Waals surface area (Å²) in [7, 11) is 0. The highest BCUT2D eigenvalue weighted by atomic mass is 35.5. The van der Waals surface area contributed by atoms with Gasteiger partial charge in [-0.05, 0) is 47.9 Å². The number of halogens is 2. The highest BCUT2D eigenvalue weighted by Crippen LogP contribution is 2.33. The Morgan fingerprint density at radius 3 is 2.75 bits per heavy atom. The van der Waals surface area contributed by atoms with E-state index in [1.165, 1.54) is 6.07 Å². The molecule has 1 unspecified atom stereocenters.